The summed E-state index contributed by atoms with van der Waals surface area (Å²) in [5.41, 5.74) is 6.61. The lowest BCUT2D eigenvalue weighted by atomic mass is 9.80. The van der Waals surface area contributed by atoms with Crippen molar-refractivity contribution in [2.45, 2.75) is 5.92 Å². The zero-order chi connectivity index (χ0) is 23.7. The number of benzene rings is 2. The number of hydrogen-bond donors (Lipinski definition) is 1. The van der Waals surface area contributed by atoms with Crippen LogP contribution in [0.25, 0.3) is 0 Å². The van der Waals surface area contributed by atoms with Crippen LogP contribution >= 0.6 is 0 Å². The molecule has 2 aliphatic rings. The fourth-order valence-corrected chi connectivity index (χ4v) is 3.82. The first-order valence-corrected chi connectivity index (χ1v) is 9.67. The Balaban J connectivity index is 2.02. The Hall–Kier alpha value is -4.52. The maximum absolute atomic E-state index is 13.6. The number of nitrogens with two attached hydrogens (primary N) is 1. The van der Waals surface area contributed by atoms with Gasteiger partial charge in [-0.15, -0.1) is 0 Å². The van der Waals surface area contributed by atoms with Gasteiger partial charge in [-0.1, -0.05) is 6.07 Å². The van der Waals surface area contributed by atoms with Gasteiger partial charge in [0.1, 0.15) is 17.3 Å². The molecule has 2 aliphatic heterocycles. The van der Waals surface area contributed by atoms with Crippen molar-refractivity contribution in [2.75, 3.05) is 25.9 Å². The molecule has 0 saturated heterocycles. The number of ether oxygens (including phenoxy) is 4. The highest BCUT2D eigenvalue weighted by Gasteiger charge is 2.43. The van der Waals surface area contributed by atoms with Gasteiger partial charge in [0.25, 0.3) is 0 Å². The first-order valence-electron chi connectivity index (χ1n) is 9.67. The standard InChI is InChI=1S/C23H18FN3O6/c1-30-22(28)19-18(12-3-8-16-17(9-12)33-11-32-16)15(10-25)21(26)27(20(19)23(29)31-2)14-6-4-13(24)5-7-14/h3-9,18H,11,26H2,1-2H3. The Morgan fingerprint density at radius 1 is 1.09 bits per heavy atom. The highest BCUT2D eigenvalue weighted by molar-refractivity contribution is 6.06. The monoisotopic (exact) mass is 451 g/mol. The Morgan fingerprint density at radius 3 is 2.39 bits per heavy atom. The van der Waals surface area contributed by atoms with E-state index in [4.69, 9.17) is 24.7 Å². The molecular formula is C23H18FN3O6. The van der Waals surface area contributed by atoms with Gasteiger partial charge in [0, 0.05) is 5.69 Å². The topological polar surface area (TPSA) is 124 Å². The molecule has 0 amide bonds. The van der Waals surface area contributed by atoms with Gasteiger partial charge in [-0.2, -0.15) is 5.26 Å². The van der Waals surface area contributed by atoms with E-state index < -0.39 is 23.7 Å². The van der Waals surface area contributed by atoms with Gasteiger partial charge in [0.2, 0.25) is 6.79 Å². The molecule has 2 heterocycles. The summed E-state index contributed by atoms with van der Waals surface area (Å²) in [5.74, 6) is -2.57. The maximum Gasteiger partial charge on any atom is 0.355 e. The third-order valence-electron chi connectivity index (χ3n) is 5.29. The summed E-state index contributed by atoms with van der Waals surface area (Å²) in [4.78, 5) is 27.1. The average molecular weight is 451 g/mol. The van der Waals surface area contributed by atoms with Crippen molar-refractivity contribution in [1.29, 1.82) is 5.26 Å². The molecule has 9 nitrogen and oxygen atoms in total. The minimum absolute atomic E-state index is 0.0220. The number of esters is 2. The molecule has 10 heteroatoms. The first-order chi connectivity index (χ1) is 15.9. The second kappa shape index (κ2) is 8.55. The highest BCUT2D eigenvalue weighted by atomic mass is 19.1. The second-order valence-electron chi connectivity index (χ2n) is 7.01. The average Bonchev–Trinajstić information content (AvgIpc) is 3.31. The number of allylic oxidation sites excluding steroid dienone is 1. The summed E-state index contributed by atoms with van der Waals surface area (Å²) >= 11 is 0. The zero-order valence-corrected chi connectivity index (χ0v) is 17.6. The van der Waals surface area contributed by atoms with Crippen LogP contribution in [0.3, 0.4) is 0 Å². The van der Waals surface area contributed by atoms with Crippen LogP contribution in [0.15, 0.2) is 65.1 Å². The number of hydrogen-bond acceptors (Lipinski definition) is 9. The lowest BCUT2D eigenvalue weighted by Gasteiger charge is -2.35. The van der Waals surface area contributed by atoms with E-state index in [1.54, 1.807) is 18.2 Å². The molecule has 0 spiro atoms. The number of nitrogens with zero attached hydrogens (tertiary/aromatic N) is 2. The van der Waals surface area contributed by atoms with Crippen molar-refractivity contribution in [2.24, 2.45) is 5.73 Å². The van der Waals surface area contributed by atoms with Crippen LogP contribution in [0.5, 0.6) is 11.5 Å². The molecule has 0 radical (unpaired) electrons. The summed E-state index contributed by atoms with van der Waals surface area (Å²) in [5, 5.41) is 10.0. The van der Waals surface area contributed by atoms with E-state index in [0.29, 0.717) is 17.1 Å². The van der Waals surface area contributed by atoms with Gasteiger partial charge in [-0.25, -0.2) is 14.0 Å². The fraction of sp³-hybridized carbons (Fsp3) is 0.174. The molecule has 2 aromatic rings. The van der Waals surface area contributed by atoms with Crippen LogP contribution in [-0.4, -0.2) is 33.0 Å². The van der Waals surface area contributed by atoms with Gasteiger partial charge in [-0.05, 0) is 42.0 Å². The van der Waals surface area contributed by atoms with Gasteiger partial charge < -0.3 is 24.7 Å². The van der Waals surface area contributed by atoms with Crippen molar-refractivity contribution in [3.8, 4) is 17.6 Å². The molecule has 2 N–H and O–H groups in total. The number of carbonyl (C=O) groups is 2. The summed E-state index contributed by atoms with van der Waals surface area (Å²) in [6.45, 7) is 0.0258. The first kappa shape index (κ1) is 21.7. The molecule has 1 atom stereocenters. The van der Waals surface area contributed by atoms with Gasteiger partial charge in [0.15, 0.2) is 11.5 Å². The number of nitriles is 1. The largest absolute Gasteiger partial charge is 0.466 e. The Bertz CT molecular complexity index is 1250. The quantitative estimate of drug-likeness (QED) is 0.698. The summed E-state index contributed by atoms with van der Waals surface area (Å²) in [7, 11) is 2.29. The van der Waals surface area contributed by atoms with Crippen LogP contribution in [0, 0.1) is 17.1 Å². The molecule has 0 fully saturated rings. The molecule has 33 heavy (non-hydrogen) atoms. The third-order valence-corrected chi connectivity index (χ3v) is 5.29. The second-order valence-corrected chi connectivity index (χ2v) is 7.01. The third kappa shape index (κ3) is 3.59. The zero-order valence-electron chi connectivity index (χ0n) is 17.6. The van der Waals surface area contributed by atoms with E-state index in [-0.39, 0.29) is 35.1 Å². The van der Waals surface area contributed by atoms with E-state index in [2.05, 4.69) is 0 Å². The predicted octanol–water partition coefficient (Wildman–Crippen LogP) is 2.45. The van der Waals surface area contributed by atoms with E-state index in [9.17, 15) is 19.2 Å². The van der Waals surface area contributed by atoms with Crippen LogP contribution in [0.2, 0.25) is 0 Å². The lowest BCUT2D eigenvalue weighted by Crippen LogP contribution is -2.40. The van der Waals surface area contributed by atoms with Crippen LogP contribution in [0.4, 0.5) is 10.1 Å². The Labute approximate surface area is 188 Å². The Kier molecular flexibility index (Phi) is 5.62. The van der Waals surface area contributed by atoms with Crippen molar-refractivity contribution >= 4 is 17.6 Å². The SMILES string of the molecule is COC(=O)C1=C(C(=O)OC)N(c2ccc(F)cc2)C(N)=C(C#N)C1c1ccc2c(c1)OCO2. The summed E-state index contributed by atoms with van der Waals surface area (Å²) in [6.07, 6.45) is 0. The lowest BCUT2D eigenvalue weighted by molar-refractivity contribution is -0.139. The molecule has 2 aromatic carbocycles. The van der Waals surface area contributed by atoms with Crippen molar-refractivity contribution in [1.82, 2.24) is 0 Å². The molecule has 4 rings (SSSR count). The molecule has 1 unspecified atom stereocenters. The molecule has 0 bridgehead atoms. The minimum atomic E-state index is -1.07. The number of halogens is 1. The predicted molar refractivity (Wildman–Crippen MR) is 112 cm³/mol. The fourth-order valence-electron chi connectivity index (χ4n) is 3.82. The van der Waals surface area contributed by atoms with Gasteiger partial charge in [-0.3, -0.25) is 4.90 Å². The molecule has 0 saturated carbocycles. The molecular weight excluding hydrogens is 433 g/mol. The van der Waals surface area contributed by atoms with Crippen LogP contribution in [-0.2, 0) is 19.1 Å². The molecule has 168 valence electrons. The number of rotatable bonds is 4. The van der Waals surface area contributed by atoms with E-state index in [1.165, 1.54) is 17.0 Å². The smallest absolute Gasteiger partial charge is 0.355 e. The summed E-state index contributed by atoms with van der Waals surface area (Å²) < 4.78 is 34.2. The molecule has 0 aliphatic carbocycles. The maximum atomic E-state index is 13.6. The van der Waals surface area contributed by atoms with Crippen molar-refractivity contribution < 1.29 is 32.9 Å². The van der Waals surface area contributed by atoms with Crippen LogP contribution in [0.1, 0.15) is 11.5 Å². The van der Waals surface area contributed by atoms with E-state index >= 15 is 0 Å². The minimum Gasteiger partial charge on any atom is -0.466 e. The van der Waals surface area contributed by atoms with E-state index in [0.717, 1.165) is 26.4 Å². The van der Waals surface area contributed by atoms with Crippen molar-refractivity contribution in [3.63, 3.8) is 0 Å². The highest BCUT2D eigenvalue weighted by Crippen LogP contribution is 2.45. The normalized spacial score (nSPS) is 17.0. The molecule has 0 aromatic heterocycles. The number of methoxy groups -OCH3 is 2. The summed E-state index contributed by atoms with van der Waals surface area (Å²) in [6, 6.07) is 11.9. The number of fused-ring (bicyclic) bond motifs is 1. The Morgan fingerprint density at radius 2 is 1.76 bits per heavy atom. The van der Waals surface area contributed by atoms with Gasteiger partial charge in [0.05, 0.1) is 37.4 Å². The number of anilines is 1. The van der Waals surface area contributed by atoms with Crippen molar-refractivity contribution in [3.05, 3.63) is 76.5 Å². The number of carbonyl (C=O) groups excluding carboxylic acids is 2. The van der Waals surface area contributed by atoms with Gasteiger partial charge >= 0.3 is 11.9 Å². The van der Waals surface area contributed by atoms with Crippen LogP contribution < -0.4 is 20.1 Å². The van der Waals surface area contributed by atoms with E-state index in [1.807, 2.05) is 6.07 Å².